The van der Waals surface area contributed by atoms with Crippen molar-refractivity contribution in [2.45, 2.75) is 64.7 Å². The van der Waals surface area contributed by atoms with Crippen LogP contribution in [0.15, 0.2) is 59.8 Å². The SMILES string of the molecule is Cc1ccc(N2CCC[C@H](N(Cc3ccnc(C)c3)Cc3cn(C4CC4)c4cc(N)c(F)cc4c3=O)C2)cn1. The van der Waals surface area contributed by atoms with E-state index in [0.29, 0.717) is 30.1 Å². The van der Waals surface area contributed by atoms with Crippen LogP contribution in [0, 0.1) is 19.7 Å². The van der Waals surface area contributed by atoms with E-state index in [9.17, 15) is 9.18 Å². The lowest BCUT2D eigenvalue weighted by Crippen LogP contribution is -2.48. The number of benzene rings is 1. The molecule has 0 bridgehead atoms. The smallest absolute Gasteiger partial charge is 0.193 e. The highest BCUT2D eigenvalue weighted by atomic mass is 19.1. The molecule has 8 heteroatoms. The number of anilines is 2. The van der Waals surface area contributed by atoms with Gasteiger partial charge in [0.05, 0.1) is 23.1 Å². The molecule has 1 saturated carbocycles. The van der Waals surface area contributed by atoms with Crippen LogP contribution in [0.2, 0.25) is 0 Å². The number of hydrogen-bond donors (Lipinski definition) is 1. The molecule has 0 radical (unpaired) electrons. The van der Waals surface area contributed by atoms with Gasteiger partial charge >= 0.3 is 0 Å². The highest BCUT2D eigenvalue weighted by Crippen LogP contribution is 2.38. The zero-order valence-corrected chi connectivity index (χ0v) is 22.6. The number of aromatic nitrogens is 3. The van der Waals surface area contributed by atoms with E-state index < -0.39 is 5.82 Å². The molecule has 0 amide bonds. The van der Waals surface area contributed by atoms with Crippen molar-refractivity contribution in [2.24, 2.45) is 0 Å². The summed E-state index contributed by atoms with van der Waals surface area (Å²) in [7, 11) is 0. The summed E-state index contributed by atoms with van der Waals surface area (Å²) < 4.78 is 16.7. The molecular formula is C31H35FN6O. The van der Waals surface area contributed by atoms with Gasteiger partial charge in [0, 0.05) is 73.0 Å². The Bertz CT molecular complexity index is 1560. The minimum absolute atomic E-state index is 0.0756. The van der Waals surface area contributed by atoms with Crippen LogP contribution in [-0.4, -0.2) is 38.6 Å². The molecule has 1 saturated heterocycles. The van der Waals surface area contributed by atoms with Crippen molar-refractivity contribution < 1.29 is 4.39 Å². The summed E-state index contributed by atoms with van der Waals surface area (Å²) in [6.45, 7) is 7.02. The maximum atomic E-state index is 14.5. The van der Waals surface area contributed by atoms with Crippen molar-refractivity contribution in [3.63, 3.8) is 0 Å². The first-order chi connectivity index (χ1) is 18.9. The maximum Gasteiger partial charge on any atom is 0.193 e. The van der Waals surface area contributed by atoms with Gasteiger partial charge in [-0.1, -0.05) is 0 Å². The Balaban J connectivity index is 1.37. The van der Waals surface area contributed by atoms with E-state index in [1.807, 2.05) is 38.5 Å². The van der Waals surface area contributed by atoms with Gasteiger partial charge in [-0.2, -0.15) is 0 Å². The van der Waals surface area contributed by atoms with Crippen LogP contribution in [0.1, 0.15) is 54.2 Å². The molecule has 4 heterocycles. The predicted octanol–water partition coefficient (Wildman–Crippen LogP) is 5.14. The fourth-order valence-corrected chi connectivity index (χ4v) is 5.81. The van der Waals surface area contributed by atoms with E-state index in [0.717, 1.165) is 61.4 Å². The van der Waals surface area contributed by atoms with E-state index in [2.05, 4.69) is 42.5 Å². The third-order valence-electron chi connectivity index (χ3n) is 8.06. The molecule has 2 aliphatic rings. The Morgan fingerprint density at radius 1 is 1.05 bits per heavy atom. The number of nitrogens with two attached hydrogens (primary N) is 1. The van der Waals surface area contributed by atoms with Crippen LogP contribution >= 0.6 is 0 Å². The number of aryl methyl sites for hydroxylation is 2. The van der Waals surface area contributed by atoms with Crippen LogP contribution < -0.4 is 16.1 Å². The van der Waals surface area contributed by atoms with Gasteiger partial charge in [0.15, 0.2) is 5.43 Å². The maximum absolute atomic E-state index is 14.5. The minimum Gasteiger partial charge on any atom is -0.396 e. The number of hydrogen-bond acceptors (Lipinski definition) is 6. The monoisotopic (exact) mass is 526 g/mol. The fraction of sp³-hybridized carbons (Fsp3) is 0.387. The van der Waals surface area contributed by atoms with E-state index in [-0.39, 0.29) is 17.2 Å². The molecule has 1 aliphatic heterocycles. The van der Waals surface area contributed by atoms with Crippen LogP contribution in [0.4, 0.5) is 15.8 Å². The molecule has 3 aromatic heterocycles. The quantitative estimate of drug-likeness (QED) is 0.336. The predicted molar refractivity (Wildman–Crippen MR) is 153 cm³/mol. The molecule has 4 aromatic rings. The number of halogens is 1. The molecule has 7 nitrogen and oxygen atoms in total. The van der Waals surface area contributed by atoms with Crippen LogP contribution in [0.5, 0.6) is 0 Å². The Morgan fingerprint density at radius 2 is 1.90 bits per heavy atom. The number of rotatable bonds is 7. The van der Waals surface area contributed by atoms with E-state index in [4.69, 9.17) is 5.73 Å². The second-order valence-electron chi connectivity index (χ2n) is 11.1. The highest BCUT2D eigenvalue weighted by molar-refractivity contribution is 5.83. The Morgan fingerprint density at radius 3 is 2.64 bits per heavy atom. The molecule has 2 N–H and O–H groups in total. The number of piperidine rings is 1. The lowest BCUT2D eigenvalue weighted by molar-refractivity contribution is 0.158. The zero-order valence-electron chi connectivity index (χ0n) is 22.6. The fourth-order valence-electron chi connectivity index (χ4n) is 5.81. The molecular weight excluding hydrogens is 491 g/mol. The molecule has 39 heavy (non-hydrogen) atoms. The van der Waals surface area contributed by atoms with Crippen LogP contribution in [0.25, 0.3) is 10.9 Å². The Labute approximate surface area is 228 Å². The number of nitrogen functional groups attached to an aromatic ring is 1. The number of fused-ring (bicyclic) bond motifs is 1. The number of nitrogens with zero attached hydrogens (tertiary/aromatic N) is 5. The molecule has 6 rings (SSSR count). The van der Waals surface area contributed by atoms with Crippen molar-refractivity contribution >= 4 is 22.3 Å². The third kappa shape index (κ3) is 5.39. The Kier molecular flexibility index (Phi) is 6.81. The summed E-state index contributed by atoms with van der Waals surface area (Å²) in [5.41, 5.74) is 11.5. The van der Waals surface area contributed by atoms with Crippen LogP contribution in [-0.2, 0) is 13.1 Å². The summed E-state index contributed by atoms with van der Waals surface area (Å²) in [6.07, 6.45) is 9.99. The average molecular weight is 527 g/mol. The first kappa shape index (κ1) is 25.5. The van der Waals surface area contributed by atoms with Crippen molar-refractivity contribution in [1.82, 2.24) is 19.4 Å². The van der Waals surface area contributed by atoms with E-state index in [1.165, 1.54) is 11.6 Å². The van der Waals surface area contributed by atoms with Gasteiger partial charge in [-0.05, 0) is 81.5 Å². The average Bonchev–Trinajstić information content (AvgIpc) is 3.77. The normalized spacial score (nSPS) is 17.7. The largest absolute Gasteiger partial charge is 0.396 e. The van der Waals surface area contributed by atoms with Gasteiger partial charge in [0.1, 0.15) is 5.82 Å². The van der Waals surface area contributed by atoms with Crippen LogP contribution in [0.3, 0.4) is 0 Å². The van der Waals surface area contributed by atoms with Crippen molar-refractivity contribution in [2.75, 3.05) is 23.7 Å². The van der Waals surface area contributed by atoms with Crippen molar-refractivity contribution in [3.8, 4) is 0 Å². The summed E-state index contributed by atoms with van der Waals surface area (Å²) in [5, 5.41) is 0.404. The van der Waals surface area contributed by atoms with Gasteiger partial charge in [0.2, 0.25) is 0 Å². The summed E-state index contributed by atoms with van der Waals surface area (Å²) in [6, 6.07) is 11.8. The second-order valence-corrected chi connectivity index (χ2v) is 11.1. The molecule has 2 fully saturated rings. The van der Waals surface area contributed by atoms with Gasteiger partial charge in [-0.25, -0.2) is 4.39 Å². The molecule has 0 spiro atoms. The lowest BCUT2D eigenvalue weighted by atomic mass is 10.0. The van der Waals surface area contributed by atoms with Gasteiger partial charge in [-0.15, -0.1) is 0 Å². The molecule has 1 atom stereocenters. The topological polar surface area (TPSA) is 80.3 Å². The summed E-state index contributed by atoms with van der Waals surface area (Å²) in [4.78, 5) is 27.4. The molecule has 0 unspecified atom stereocenters. The second kappa shape index (κ2) is 10.4. The van der Waals surface area contributed by atoms with Gasteiger partial charge < -0.3 is 15.2 Å². The Hall–Kier alpha value is -3.78. The van der Waals surface area contributed by atoms with E-state index in [1.54, 1.807) is 6.07 Å². The van der Waals surface area contributed by atoms with E-state index >= 15 is 0 Å². The standard InChI is InChI=1S/C31H35FN6O/c1-20-5-6-25(15-35-20)36-11-3-4-26(19-36)37(16-22-9-10-34-21(2)12-22)17-23-18-38(24-7-8-24)30-14-29(33)28(32)13-27(30)31(23)39/h5-6,9-10,12-15,18,24,26H,3-4,7-8,11,16-17,19,33H2,1-2H3/t26-/m0/s1. The lowest BCUT2D eigenvalue weighted by Gasteiger charge is -2.40. The first-order valence-corrected chi connectivity index (χ1v) is 13.8. The van der Waals surface area contributed by atoms with Crippen molar-refractivity contribution in [3.05, 3.63) is 93.5 Å². The zero-order chi connectivity index (χ0) is 27.1. The summed E-state index contributed by atoms with van der Waals surface area (Å²) >= 11 is 0. The highest BCUT2D eigenvalue weighted by Gasteiger charge is 2.29. The molecule has 1 aliphatic carbocycles. The molecule has 1 aromatic carbocycles. The van der Waals surface area contributed by atoms with Gasteiger partial charge in [-0.3, -0.25) is 19.7 Å². The first-order valence-electron chi connectivity index (χ1n) is 13.8. The number of pyridine rings is 3. The van der Waals surface area contributed by atoms with Crippen molar-refractivity contribution in [1.29, 1.82) is 0 Å². The summed E-state index contributed by atoms with van der Waals surface area (Å²) in [5.74, 6) is -0.544. The van der Waals surface area contributed by atoms with Gasteiger partial charge in [0.25, 0.3) is 0 Å². The minimum atomic E-state index is -0.544. The molecule has 202 valence electrons. The third-order valence-corrected chi connectivity index (χ3v) is 8.06.